The lowest BCUT2D eigenvalue weighted by atomic mass is 9.79. The Kier molecular flexibility index (Phi) is 10.6. The number of fused-ring (bicyclic) bond motifs is 6. The van der Waals surface area contributed by atoms with Crippen molar-refractivity contribution in [1.82, 2.24) is 19.1 Å². The maximum atomic E-state index is 16.5. The third-order valence-corrected chi connectivity index (χ3v) is 18.1. The quantitative estimate of drug-likeness (QED) is 0.136. The van der Waals surface area contributed by atoms with E-state index in [1.54, 1.807) is 0 Å². The van der Waals surface area contributed by atoms with Crippen molar-refractivity contribution in [1.29, 1.82) is 0 Å². The Bertz CT molecular complexity index is 4100. The second-order valence-corrected chi connectivity index (χ2v) is 22.4. The van der Waals surface area contributed by atoms with Crippen LogP contribution in [0.25, 0.3) is 77.5 Å². The predicted octanol–water partition coefficient (Wildman–Crippen LogP) is 15.3. The molecule has 0 amide bonds. The second kappa shape index (κ2) is 17.5. The van der Waals surface area contributed by atoms with Gasteiger partial charge in [0.25, 0.3) is 0 Å². The number of hydrogen-bond donors (Lipinski definition) is 0. The van der Waals surface area contributed by atoms with E-state index in [4.69, 9.17) is 9.97 Å². The Morgan fingerprint density at radius 3 is 1.72 bits per heavy atom. The lowest BCUT2D eigenvalue weighted by Crippen LogP contribution is -2.26. The van der Waals surface area contributed by atoms with Gasteiger partial charge in [0.2, 0.25) is 0 Å². The van der Waals surface area contributed by atoms with Gasteiger partial charge in [-0.05, 0) is 96.3 Å². The van der Waals surface area contributed by atoms with Crippen molar-refractivity contribution in [3.63, 3.8) is 0 Å². The summed E-state index contributed by atoms with van der Waals surface area (Å²) in [4.78, 5) is 10.6. The van der Waals surface area contributed by atoms with Crippen molar-refractivity contribution >= 4 is 66.7 Å². The van der Waals surface area contributed by atoms with Crippen molar-refractivity contribution in [2.45, 2.75) is 31.6 Å². The molecule has 3 aromatic heterocycles. The number of rotatable bonds is 9. The van der Waals surface area contributed by atoms with Crippen molar-refractivity contribution < 1.29 is 4.57 Å². The summed E-state index contributed by atoms with van der Waals surface area (Å²) in [6.45, 7) is 4.49. The van der Waals surface area contributed by atoms with E-state index in [-0.39, 0.29) is 17.3 Å². The first-order valence-corrected chi connectivity index (χ1v) is 26.6. The fourth-order valence-electron chi connectivity index (χ4n) is 11.3. The van der Waals surface area contributed by atoms with Crippen molar-refractivity contribution in [3.05, 3.63) is 260 Å². The molecule has 0 radical (unpaired) electrons. The summed E-state index contributed by atoms with van der Waals surface area (Å²) in [6.07, 6.45) is 18.3. The monoisotopic (exact) mass is 946 g/mol. The van der Waals surface area contributed by atoms with Gasteiger partial charge in [-0.2, -0.15) is 0 Å². The molecule has 0 spiro atoms. The van der Waals surface area contributed by atoms with Crippen LogP contribution >= 0.6 is 7.14 Å². The van der Waals surface area contributed by atoms with E-state index in [0.29, 0.717) is 5.82 Å². The molecular formula is C66H51N4OP. The molecule has 72 heavy (non-hydrogen) atoms. The van der Waals surface area contributed by atoms with Gasteiger partial charge < -0.3 is 13.7 Å². The summed E-state index contributed by atoms with van der Waals surface area (Å²) in [5.41, 5.74) is 11.5. The van der Waals surface area contributed by atoms with E-state index in [1.165, 1.54) is 21.8 Å². The third-order valence-electron chi connectivity index (χ3n) is 15.1. The van der Waals surface area contributed by atoms with Gasteiger partial charge in [0, 0.05) is 65.7 Å². The highest BCUT2D eigenvalue weighted by Gasteiger charge is 2.33. The minimum absolute atomic E-state index is 0.111. The predicted molar refractivity (Wildman–Crippen MR) is 301 cm³/mol. The zero-order valence-corrected chi connectivity index (χ0v) is 41.1. The molecule has 0 fully saturated rings. The standard InChI is InChI=1S/C66H51N4OP/c1-45-20-10-11-29-54(45)59-44-64(66(2)38-16-5-17-39-66)68-65(67-59)48-21-18-27-52(40-48)72(71,51-25-8-4-9-26-51)53-28-19-24-50(43-53)70-61-33-15-13-31-56(61)58-42-47(35-37-63(58)70)46-34-36-62-57(41-46)55-30-12-14-32-60(55)69(62)49-22-6-3-7-23-49/h3-38,40-45,54H,39H2,1-2H3. The van der Waals surface area contributed by atoms with Crippen LogP contribution in [0.15, 0.2) is 249 Å². The van der Waals surface area contributed by atoms with Crippen LogP contribution in [0.1, 0.15) is 37.6 Å². The fraction of sp³-hybridized carbons (Fsp3) is 0.0909. The number of hydrogen-bond acceptors (Lipinski definition) is 3. The Morgan fingerprint density at radius 1 is 0.486 bits per heavy atom. The summed E-state index contributed by atoms with van der Waals surface area (Å²) >= 11 is 0. The molecule has 0 aliphatic heterocycles. The summed E-state index contributed by atoms with van der Waals surface area (Å²) in [5, 5.41) is 7.02. The summed E-state index contributed by atoms with van der Waals surface area (Å²) in [5.74, 6) is 1.03. The lowest BCUT2D eigenvalue weighted by molar-refractivity contribution is 0.567. The molecule has 3 heterocycles. The van der Waals surface area contributed by atoms with Crippen LogP contribution in [-0.4, -0.2) is 19.1 Å². The first-order chi connectivity index (χ1) is 35.3. The van der Waals surface area contributed by atoms with Gasteiger partial charge in [-0.15, -0.1) is 0 Å². The molecule has 2 aliphatic carbocycles. The molecule has 8 aromatic carbocycles. The van der Waals surface area contributed by atoms with Crippen LogP contribution in [0.3, 0.4) is 0 Å². The molecule has 0 N–H and O–H groups in total. The van der Waals surface area contributed by atoms with Gasteiger partial charge in [-0.25, -0.2) is 9.97 Å². The third kappa shape index (κ3) is 7.26. The average molecular weight is 947 g/mol. The van der Waals surface area contributed by atoms with E-state index < -0.39 is 7.14 Å². The molecule has 4 unspecified atom stereocenters. The van der Waals surface area contributed by atoms with Crippen LogP contribution in [0.5, 0.6) is 0 Å². The van der Waals surface area contributed by atoms with E-state index in [0.717, 1.165) is 83.6 Å². The van der Waals surface area contributed by atoms with E-state index in [1.807, 2.05) is 48.5 Å². The summed E-state index contributed by atoms with van der Waals surface area (Å²) < 4.78 is 21.2. The Labute approximate surface area is 419 Å². The van der Waals surface area contributed by atoms with E-state index >= 15 is 4.57 Å². The summed E-state index contributed by atoms with van der Waals surface area (Å²) in [6, 6.07) is 70.3. The van der Waals surface area contributed by atoms with Crippen LogP contribution in [0, 0.1) is 5.92 Å². The molecule has 4 atom stereocenters. The molecule has 2 aliphatic rings. The largest absolute Gasteiger partial charge is 0.309 e. The van der Waals surface area contributed by atoms with Crippen molar-refractivity contribution in [2.75, 3.05) is 0 Å². The molecule has 11 aromatic rings. The lowest BCUT2D eigenvalue weighted by Gasteiger charge is -2.28. The van der Waals surface area contributed by atoms with E-state index in [9.17, 15) is 0 Å². The second-order valence-electron chi connectivity index (χ2n) is 19.6. The highest BCUT2D eigenvalue weighted by atomic mass is 31.2. The number of aromatic nitrogens is 4. The van der Waals surface area contributed by atoms with Gasteiger partial charge in [0.05, 0.1) is 33.5 Å². The van der Waals surface area contributed by atoms with Crippen molar-refractivity contribution in [3.8, 4) is 33.9 Å². The minimum Gasteiger partial charge on any atom is -0.309 e. The number of allylic oxidation sites excluding steroid dienone is 8. The molecule has 0 saturated heterocycles. The average Bonchev–Trinajstić information content (AvgIpc) is 3.96. The van der Waals surface area contributed by atoms with Gasteiger partial charge in [0.15, 0.2) is 13.0 Å². The van der Waals surface area contributed by atoms with Crippen LogP contribution < -0.4 is 15.9 Å². The molecule has 346 valence electrons. The first kappa shape index (κ1) is 43.6. The number of benzene rings is 8. The summed E-state index contributed by atoms with van der Waals surface area (Å²) in [7, 11) is -3.49. The van der Waals surface area contributed by atoms with Crippen LogP contribution in [-0.2, 0) is 9.98 Å². The number of nitrogens with zero attached hydrogens (tertiary/aromatic N) is 4. The Hall–Kier alpha value is -8.37. The van der Waals surface area contributed by atoms with Crippen LogP contribution in [0.4, 0.5) is 0 Å². The Morgan fingerprint density at radius 2 is 1.06 bits per heavy atom. The molecule has 0 saturated carbocycles. The fourth-order valence-corrected chi connectivity index (χ4v) is 14.0. The highest BCUT2D eigenvalue weighted by Crippen LogP contribution is 2.45. The molecule has 5 nitrogen and oxygen atoms in total. The van der Waals surface area contributed by atoms with E-state index in [2.05, 4.69) is 223 Å². The Balaban J connectivity index is 0.929. The SMILES string of the molecule is CC1C=CC=CC1c1cc(C2(C)C=CC=CC2)nc(-c2cccc(P(=O)(c3ccccc3)c3cccc(-n4c5ccccc5c5cc(-c6ccc7c(c6)c6ccccc6n7-c6ccccc6)ccc54)c3)c2)n1. The van der Waals surface area contributed by atoms with Gasteiger partial charge in [-0.3, -0.25) is 0 Å². The normalized spacial score (nSPS) is 18.4. The topological polar surface area (TPSA) is 52.7 Å². The van der Waals surface area contributed by atoms with Crippen molar-refractivity contribution in [2.24, 2.45) is 5.92 Å². The zero-order valence-electron chi connectivity index (χ0n) is 40.2. The maximum absolute atomic E-state index is 16.5. The maximum Gasteiger partial charge on any atom is 0.171 e. The minimum atomic E-state index is -3.49. The van der Waals surface area contributed by atoms with Gasteiger partial charge in [0.1, 0.15) is 0 Å². The molecular weight excluding hydrogens is 896 g/mol. The molecule has 13 rings (SSSR count). The van der Waals surface area contributed by atoms with Crippen LogP contribution in [0.2, 0.25) is 0 Å². The molecule has 0 bridgehead atoms. The smallest absolute Gasteiger partial charge is 0.171 e. The highest BCUT2D eigenvalue weighted by molar-refractivity contribution is 7.85. The zero-order chi connectivity index (χ0) is 48.4. The van der Waals surface area contributed by atoms with Gasteiger partial charge >= 0.3 is 0 Å². The molecule has 6 heteroatoms. The number of para-hydroxylation sites is 3. The first-order valence-electron chi connectivity index (χ1n) is 24.9. The van der Waals surface area contributed by atoms with Gasteiger partial charge in [-0.1, -0.05) is 190 Å².